The minimum Gasteiger partial charge on any atom is -0.478 e. The molecule has 0 amide bonds. The van der Waals surface area contributed by atoms with Crippen LogP contribution >= 0.6 is 0 Å². The number of aromatic nitrogens is 1. The minimum atomic E-state index is -1.25. The number of aromatic amines is 1. The normalized spacial score (nSPS) is 10.1. The number of benzene rings is 1. The molecule has 1 heterocycles. The van der Waals surface area contributed by atoms with E-state index in [-0.39, 0.29) is 23.7 Å². The number of ether oxygens (including phenoxy) is 1. The van der Waals surface area contributed by atoms with Crippen LogP contribution in [0.5, 0.6) is 5.88 Å². The van der Waals surface area contributed by atoms with E-state index in [2.05, 4.69) is 4.98 Å². The second-order valence-corrected chi connectivity index (χ2v) is 4.12. The number of H-pyrrole nitrogens is 1. The van der Waals surface area contributed by atoms with Gasteiger partial charge in [-0.1, -0.05) is 12.1 Å². The molecule has 0 atom stereocenters. The lowest BCUT2D eigenvalue weighted by atomic mass is 10.2. The SMILES string of the molecule is O=C(O)c1cc(OCc2cccc([N+](=O)[O-])c2)[nH]c(=O)c1. The average Bonchev–Trinajstić information content (AvgIpc) is 2.45. The zero-order chi connectivity index (χ0) is 15.4. The van der Waals surface area contributed by atoms with Crippen LogP contribution in [0, 0.1) is 10.1 Å². The van der Waals surface area contributed by atoms with Crippen LogP contribution in [0.15, 0.2) is 41.2 Å². The molecule has 0 saturated carbocycles. The van der Waals surface area contributed by atoms with Gasteiger partial charge in [0.15, 0.2) is 5.88 Å². The number of nitrogens with zero attached hydrogens (tertiary/aromatic N) is 1. The van der Waals surface area contributed by atoms with Gasteiger partial charge in [-0.2, -0.15) is 0 Å². The second kappa shape index (κ2) is 5.87. The summed E-state index contributed by atoms with van der Waals surface area (Å²) in [4.78, 5) is 34.5. The van der Waals surface area contributed by atoms with E-state index in [1.165, 1.54) is 24.3 Å². The van der Waals surface area contributed by atoms with Crippen molar-refractivity contribution in [2.75, 3.05) is 0 Å². The Balaban J connectivity index is 2.16. The molecule has 0 fully saturated rings. The van der Waals surface area contributed by atoms with Crippen molar-refractivity contribution < 1.29 is 19.6 Å². The molecule has 0 bridgehead atoms. The molecule has 0 aliphatic carbocycles. The van der Waals surface area contributed by atoms with Gasteiger partial charge in [-0.15, -0.1) is 0 Å². The summed E-state index contributed by atoms with van der Waals surface area (Å²) in [6.45, 7) is -0.0410. The lowest BCUT2D eigenvalue weighted by Gasteiger charge is -2.06. The van der Waals surface area contributed by atoms with Gasteiger partial charge in [0.1, 0.15) is 6.61 Å². The average molecular weight is 290 g/mol. The first kappa shape index (κ1) is 14.3. The van der Waals surface area contributed by atoms with Crippen molar-refractivity contribution in [2.24, 2.45) is 0 Å². The maximum atomic E-state index is 11.3. The number of carboxylic acids is 1. The highest BCUT2D eigenvalue weighted by molar-refractivity contribution is 5.87. The van der Waals surface area contributed by atoms with Crippen LogP contribution in [0.4, 0.5) is 5.69 Å². The van der Waals surface area contributed by atoms with Crippen LogP contribution in [0.2, 0.25) is 0 Å². The zero-order valence-electron chi connectivity index (χ0n) is 10.6. The van der Waals surface area contributed by atoms with E-state index < -0.39 is 16.5 Å². The van der Waals surface area contributed by atoms with Gasteiger partial charge in [0.25, 0.3) is 11.2 Å². The van der Waals surface area contributed by atoms with Crippen LogP contribution in [-0.4, -0.2) is 21.0 Å². The van der Waals surface area contributed by atoms with Crippen LogP contribution in [0.3, 0.4) is 0 Å². The number of nitro groups is 1. The molecule has 2 rings (SSSR count). The van der Waals surface area contributed by atoms with Crippen molar-refractivity contribution in [3.05, 3.63) is 68.0 Å². The molecule has 108 valence electrons. The second-order valence-electron chi connectivity index (χ2n) is 4.12. The summed E-state index contributed by atoms with van der Waals surface area (Å²) >= 11 is 0. The Hall–Kier alpha value is -3.16. The predicted octanol–water partition coefficient (Wildman–Crippen LogP) is 1.56. The summed E-state index contributed by atoms with van der Waals surface area (Å²) in [5.41, 5.74) is -0.369. The third-order valence-electron chi connectivity index (χ3n) is 2.58. The topological polar surface area (TPSA) is 123 Å². The quantitative estimate of drug-likeness (QED) is 0.636. The molecule has 0 saturated heterocycles. The molecule has 0 aliphatic rings. The minimum absolute atomic E-state index is 0.0218. The molecular formula is C13H10N2O6. The summed E-state index contributed by atoms with van der Waals surface area (Å²) < 4.78 is 5.26. The van der Waals surface area contributed by atoms with E-state index in [9.17, 15) is 19.7 Å². The summed E-state index contributed by atoms with van der Waals surface area (Å²) in [5.74, 6) is -1.27. The van der Waals surface area contributed by atoms with Crippen molar-refractivity contribution >= 4 is 11.7 Å². The molecule has 1 aromatic carbocycles. The molecule has 0 spiro atoms. The largest absolute Gasteiger partial charge is 0.478 e. The maximum absolute atomic E-state index is 11.3. The molecule has 8 nitrogen and oxygen atoms in total. The van der Waals surface area contributed by atoms with Crippen molar-refractivity contribution in [3.63, 3.8) is 0 Å². The molecule has 2 N–H and O–H groups in total. The highest BCUT2D eigenvalue weighted by Gasteiger charge is 2.09. The number of aromatic carboxylic acids is 1. The van der Waals surface area contributed by atoms with Crippen molar-refractivity contribution in [3.8, 4) is 5.88 Å². The molecule has 0 radical (unpaired) electrons. The van der Waals surface area contributed by atoms with Gasteiger partial charge < -0.3 is 9.84 Å². The van der Waals surface area contributed by atoms with Gasteiger partial charge in [-0.25, -0.2) is 4.79 Å². The van der Waals surface area contributed by atoms with Crippen LogP contribution in [0.25, 0.3) is 0 Å². The fourth-order valence-electron chi connectivity index (χ4n) is 1.64. The lowest BCUT2D eigenvalue weighted by Crippen LogP contribution is -2.11. The number of carboxylic acid groups (broad SMARTS) is 1. The molecule has 0 unspecified atom stereocenters. The third kappa shape index (κ3) is 3.66. The number of nitro benzene ring substituents is 1. The van der Waals surface area contributed by atoms with Crippen molar-refractivity contribution in [1.29, 1.82) is 0 Å². The van der Waals surface area contributed by atoms with E-state index in [1.54, 1.807) is 6.07 Å². The summed E-state index contributed by atoms with van der Waals surface area (Å²) in [5, 5.41) is 19.5. The van der Waals surface area contributed by atoms with Gasteiger partial charge in [0.05, 0.1) is 10.5 Å². The van der Waals surface area contributed by atoms with E-state index in [0.717, 1.165) is 6.07 Å². The molecule has 2 aromatic rings. The molecule has 0 aliphatic heterocycles. The van der Waals surface area contributed by atoms with Gasteiger partial charge in [0.2, 0.25) is 0 Å². The van der Waals surface area contributed by atoms with E-state index >= 15 is 0 Å². The van der Waals surface area contributed by atoms with E-state index in [4.69, 9.17) is 9.84 Å². The Morgan fingerprint density at radius 1 is 1.33 bits per heavy atom. The predicted molar refractivity (Wildman–Crippen MR) is 71.5 cm³/mol. The number of carbonyl (C=O) groups is 1. The first-order valence-electron chi connectivity index (χ1n) is 5.79. The Kier molecular flexibility index (Phi) is 3.98. The monoisotopic (exact) mass is 290 g/mol. The first-order valence-corrected chi connectivity index (χ1v) is 5.79. The lowest BCUT2D eigenvalue weighted by molar-refractivity contribution is -0.384. The van der Waals surface area contributed by atoms with E-state index in [1.807, 2.05) is 0 Å². The summed E-state index contributed by atoms with van der Waals surface area (Å²) in [6.07, 6.45) is 0. The van der Waals surface area contributed by atoms with Crippen LogP contribution < -0.4 is 10.3 Å². The zero-order valence-corrected chi connectivity index (χ0v) is 10.6. The number of pyridine rings is 1. The standard InChI is InChI=1S/C13H10N2O6/c16-11-5-9(13(17)18)6-12(14-11)21-7-8-2-1-3-10(4-8)15(19)20/h1-6H,7H2,(H,14,16)(H,17,18). The van der Waals surface area contributed by atoms with Gasteiger partial charge >= 0.3 is 5.97 Å². The third-order valence-corrected chi connectivity index (χ3v) is 2.58. The number of rotatable bonds is 5. The molecule has 8 heteroatoms. The van der Waals surface area contributed by atoms with E-state index in [0.29, 0.717) is 5.56 Å². The van der Waals surface area contributed by atoms with Crippen molar-refractivity contribution in [2.45, 2.75) is 6.61 Å². The Morgan fingerprint density at radius 2 is 2.10 bits per heavy atom. The Labute approximate surface area is 117 Å². The van der Waals surface area contributed by atoms with Gasteiger partial charge in [-0.05, 0) is 5.56 Å². The van der Waals surface area contributed by atoms with Crippen LogP contribution in [0.1, 0.15) is 15.9 Å². The number of non-ortho nitro benzene ring substituents is 1. The van der Waals surface area contributed by atoms with Crippen molar-refractivity contribution in [1.82, 2.24) is 4.98 Å². The smallest absolute Gasteiger partial charge is 0.336 e. The highest BCUT2D eigenvalue weighted by atomic mass is 16.6. The number of hydrogen-bond acceptors (Lipinski definition) is 5. The Bertz CT molecular complexity index is 752. The fourth-order valence-corrected chi connectivity index (χ4v) is 1.64. The number of hydrogen-bond donors (Lipinski definition) is 2. The Morgan fingerprint density at radius 3 is 2.76 bits per heavy atom. The summed E-state index contributed by atoms with van der Waals surface area (Å²) in [6, 6.07) is 7.90. The van der Waals surface area contributed by atoms with Gasteiger partial charge in [-0.3, -0.25) is 19.9 Å². The maximum Gasteiger partial charge on any atom is 0.336 e. The first-order chi connectivity index (χ1) is 9.95. The van der Waals surface area contributed by atoms with Crippen LogP contribution in [-0.2, 0) is 6.61 Å². The molecule has 1 aromatic heterocycles. The highest BCUT2D eigenvalue weighted by Crippen LogP contribution is 2.15. The molecule has 21 heavy (non-hydrogen) atoms. The molecular weight excluding hydrogens is 280 g/mol. The fraction of sp³-hybridized carbons (Fsp3) is 0.0769. The number of nitrogens with one attached hydrogen (secondary N) is 1. The van der Waals surface area contributed by atoms with Gasteiger partial charge in [0, 0.05) is 24.3 Å². The summed E-state index contributed by atoms with van der Waals surface area (Å²) in [7, 11) is 0.